The molecule has 4 nitrogen and oxygen atoms in total. The first kappa shape index (κ1) is 16.0. The van der Waals surface area contributed by atoms with Crippen LogP contribution in [0.3, 0.4) is 0 Å². The normalized spacial score (nSPS) is 14.2. The van der Waals surface area contributed by atoms with Crippen molar-refractivity contribution >= 4 is 35.0 Å². The molecule has 120 valence electrons. The van der Waals surface area contributed by atoms with Crippen molar-refractivity contribution in [1.82, 2.24) is 0 Å². The highest BCUT2D eigenvalue weighted by Crippen LogP contribution is 2.35. The number of carbonyl (C=O) groups excluding carboxylic acids is 1. The van der Waals surface area contributed by atoms with Gasteiger partial charge in [0.2, 0.25) is 5.91 Å². The fraction of sp³-hybridized carbons (Fsp3) is 0.235. The number of nitrogens with one attached hydrogen (secondary N) is 1. The zero-order valence-corrected chi connectivity index (χ0v) is 14.1. The van der Waals surface area contributed by atoms with E-state index in [9.17, 15) is 4.79 Å². The molecular formula is C17H16ClNO3S. The monoisotopic (exact) mass is 349 g/mol. The Morgan fingerprint density at radius 1 is 1.13 bits per heavy atom. The van der Waals surface area contributed by atoms with Crippen LogP contribution in [0.15, 0.2) is 47.4 Å². The van der Waals surface area contributed by atoms with E-state index in [1.54, 1.807) is 24.3 Å². The highest BCUT2D eigenvalue weighted by molar-refractivity contribution is 8.00. The maximum atomic E-state index is 12.3. The van der Waals surface area contributed by atoms with Crippen molar-refractivity contribution in [2.24, 2.45) is 0 Å². The molecule has 0 spiro atoms. The van der Waals surface area contributed by atoms with Gasteiger partial charge in [-0.15, -0.1) is 11.8 Å². The molecule has 2 aromatic rings. The molecule has 0 aromatic heterocycles. The van der Waals surface area contributed by atoms with Gasteiger partial charge in [0, 0.05) is 15.6 Å². The van der Waals surface area contributed by atoms with E-state index < -0.39 is 0 Å². The van der Waals surface area contributed by atoms with Gasteiger partial charge >= 0.3 is 0 Å². The van der Waals surface area contributed by atoms with Gasteiger partial charge in [-0.25, -0.2) is 0 Å². The standard InChI is InChI=1S/C17H16ClNO3S/c1-11(17(20)19-13-4-2-12(18)3-5-13)23-14-6-7-15-16(10-14)22-9-8-21-15/h2-7,10-11H,8-9H2,1H3,(H,19,20)/t11-/m1/s1. The van der Waals surface area contributed by atoms with Crippen LogP contribution >= 0.6 is 23.4 Å². The Hall–Kier alpha value is -1.85. The molecule has 0 aliphatic carbocycles. The third-order valence-corrected chi connectivity index (χ3v) is 4.65. The van der Waals surface area contributed by atoms with E-state index >= 15 is 0 Å². The SMILES string of the molecule is C[C@@H](Sc1ccc2c(c1)OCCO2)C(=O)Nc1ccc(Cl)cc1. The highest BCUT2D eigenvalue weighted by Gasteiger charge is 2.17. The molecule has 0 unspecified atom stereocenters. The summed E-state index contributed by atoms with van der Waals surface area (Å²) in [5.74, 6) is 1.41. The first-order chi connectivity index (χ1) is 11.1. The zero-order valence-electron chi connectivity index (χ0n) is 12.5. The second kappa shape index (κ2) is 7.15. The van der Waals surface area contributed by atoms with Gasteiger partial charge in [-0.3, -0.25) is 4.79 Å². The summed E-state index contributed by atoms with van der Waals surface area (Å²) in [5, 5.41) is 3.28. The molecule has 0 radical (unpaired) electrons. The second-order valence-corrected chi connectivity index (χ2v) is 6.91. The van der Waals surface area contributed by atoms with Crippen molar-refractivity contribution in [1.29, 1.82) is 0 Å². The Morgan fingerprint density at radius 3 is 2.57 bits per heavy atom. The molecule has 2 aromatic carbocycles. The van der Waals surface area contributed by atoms with Crippen molar-refractivity contribution in [3.63, 3.8) is 0 Å². The van der Waals surface area contributed by atoms with Crippen LogP contribution in [-0.4, -0.2) is 24.4 Å². The maximum Gasteiger partial charge on any atom is 0.237 e. The molecule has 0 saturated carbocycles. The summed E-state index contributed by atoms with van der Waals surface area (Å²) >= 11 is 7.31. The highest BCUT2D eigenvalue weighted by atomic mass is 35.5. The number of carbonyl (C=O) groups is 1. The van der Waals surface area contributed by atoms with E-state index in [0.29, 0.717) is 18.2 Å². The molecule has 1 heterocycles. The second-order valence-electron chi connectivity index (χ2n) is 5.06. The molecule has 0 bridgehead atoms. The summed E-state index contributed by atoms with van der Waals surface area (Å²) in [6, 6.07) is 12.8. The summed E-state index contributed by atoms with van der Waals surface area (Å²) in [6.07, 6.45) is 0. The van der Waals surface area contributed by atoms with Crippen molar-refractivity contribution in [2.45, 2.75) is 17.1 Å². The molecular weight excluding hydrogens is 334 g/mol. The lowest BCUT2D eigenvalue weighted by atomic mass is 10.3. The van der Waals surface area contributed by atoms with E-state index in [2.05, 4.69) is 5.32 Å². The minimum atomic E-state index is -0.242. The van der Waals surface area contributed by atoms with Crippen LogP contribution in [0.5, 0.6) is 11.5 Å². The van der Waals surface area contributed by atoms with E-state index in [4.69, 9.17) is 21.1 Å². The van der Waals surface area contributed by atoms with Crippen LogP contribution in [0.2, 0.25) is 5.02 Å². The largest absolute Gasteiger partial charge is 0.486 e. The number of amides is 1. The fourth-order valence-corrected chi connectivity index (χ4v) is 3.15. The third kappa shape index (κ3) is 4.12. The van der Waals surface area contributed by atoms with Gasteiger partial charge in [-0.05, 0) is 49.4 Å². The number of rotatable bonds is 4. The van der Waals surface area contributed by atoms with E-state index in [1.807, 2.05) is 25.1 Å². The van der Waals surface area contributed by atoms with Crippen LogP contribution < -0.4 is 14.8 Å². The number of thioether (sulfide) groups is 1. The number of benzene rings is 2. The van der Waals surface area contributed by atoms with Crippen LogP contribution in [0.1, 0.15) is 6.92 Å². The van der Waals surface area contributed by atoms with E-state index in [1.165, 1.54) is 11.8 Å². The van der Waals surface area contributed by atoms with Crippen molar-refractivity contribution in [2.75, 3.05) is 18.5 Å². The average molecular weight is 350 g/mol. The Morgan fingerprint density at radius 2 is 1.83 bits per heavy atom. The van der Waals surface area contributed by atoms with Crippen molar-refractivity contribution in [3.05, 3.63) is 47.5 Å². The number of hydrogen-bond donors (Lipinski definition) is 1. The van der Waals surface area contributed by atoms with Crippen LogP contribution in [0, 0.1) is 0 Å². The topological polar surface area (TPSA) is 47.6 Å². The van der Waals surface area contributed by atoms with Gasteiger partial charge in [0.15, 0.2) is 11.5 Å². The van der Waals surface area contributed by atoms with Crippen LogP contribution in [0.25, 0.3) is 0 Å². The van der Waals surface area contributed by atoms with E-state index in [0.717, 1.165) is 22.1 Å². The van der Waals surface area contributed by atoms with Gasteiger partial charge in [0.25, 0.3) is 0 Å². The summed E-state index contributed by atoms with van der Waals surface area (Å²) in [6.45, 7) is 2.99. The van der Waals surface area contributed by atoms with Gasteiger partial charge in [-0.2, -0.15) is 0 Å². The molecule has 1 amide bonds. The Labute approximate surface area is 144 Å². The number of fused-ring (bicyclic) bond motifs is 1. The summed E-state index contributed by atoms with van der Waals surface area (Å²) < 4.78 is 11.1. The number of ether oxygens (including phenoxy) is 2. The lowest BCUT2D eigenvalue weighted by Gasteiger charge is -2.19. The Kier molecular flexibility index (Phi) is 4.98. The van der Waals surface area contributed by atoms with Gasteiger partial charge < -0.3 is 14.8 Å². The van der Waals surface area contributed by atoms with Crippen molar-refractivity contribution in [3.8, 4) is 11.5 Å². The number of anilines is 1. The molecule has 3 rings (SSSR count). The van der Waals surface area contributed by atoms with Gasteiger partial charge in [0.1, 0.15) is 13.2 Å². The minimum Gasteiger partial charge on any atom is -0.486 e. The average Bonchev–Trinajstić information content (AvgIpc) is 2.56. The molecule has 6 heteroatoms. The van der Waals surface area contributed by atoms with Gasteiger partial charge in [0.05, 0.1) is 5.25 Å². The van der Waals surface area contributed by atoms with Gasteiger partial charge in [-0.1, -0.05) is 11.6 Å². The lowest BCUT2D eigenvalue weighted by Crippen LogP contribution is -2.22. The Bertz CT molecular complexity index is 705. The smallest absolute Gasteiger partial charge is 0.237 e. The molecule has 0 saturated heterocycles. The van der Waals surface area contributed by atoms with E-state index in [-0.39, 0.29) is 11.2 Å². The number of halogens is 1. The molecule has 23 heavy (non-hydrogen) atoms. The first-order valence-electron chi connectivity index (χ1n) is 7.24. The van der Waals surface area contributed by atoms with Crippen LogP contribution in [0.4, 0.5) is 5.69 Å². The van der Waals surface area contributed by atoms with Crippen LogP contribution in [-0.2, 0) is 4.79 Å². The molecule has 0 fully saturated rings. The first-order valence-corrected chi connectivity index (χ1v) is 8.50. The molecule has 1 aliphatic heterocycles. The predicted octanol–water partition coefficient (Wildman–Crippen LogP) is 4.23. The summed E-state index contributed by atoms with van der Waals surface area (Å²) in [5.41, 5.74) is 0.731. The fourth-order valence-electron chi connectivity index (χ4n) is 2.13. The quantitative estimate of drug-likeness (QED) is 0.839. The molecule has 1 N–H and O–H groups in total. The summed E-state index contributed by atoms with van der Waals surface area (Å²) in [4.78, 5) is 13.2. The van der Waals surface area contributed by atoms with Crippen molar-refractivity contribution < 1.29 is 14.3 Å². The predicted molar refractivity (Wildman–Crippen MR) is 92.8 cm³/mol. The minimum absolute atomic E-state index is 0.0628. The maximum absolute atomic E-state index is 12.3. The number of hydrogen-bond acceptors (Lipinski definition) is 4. The lowest BCUT2D eigenvalue weighted by molar-refractivity contribution is -0.115. The Balaban J connectivity index is 1.62. The summed E-state index contributed by atoms with van der Waals surface area (Å²) in [7, 11) is 0. The molecule has 1 atom stereocenters. The third-order valence-electron chi connectivity index (χ3n) is 3.31. The molecule has 1 aliphatic rings. The zero-order chi connectivity index (χ0) is 16.2.